The maximum atomic E-state index is 5.91. The fourth-order valence-corrected chi connectivity index (χ4v) is 1.87. The van der Waals surface area contributed by atoms with Crippen LogP contribution in [0.2, 0.25) is 0 Å². The number of anilines is 1. The van der Waals surface area contributed by atoms with Crippen LogP contribution in [0.1, 0.15) is 19.7 Å². The average Bonchev–Trinajstić information content (AvgIpc) is 2.82. The minimum Gasteiger partial charge on any atom is -0.398 e. The van der Waals surface area contributed by atoms with Gasteiger partial charge in [-0.05, 0) is 54.6 Å². The smallest absolute Gasteiger partial charge is 0.260 e. The van der Waals surface area contributed by atoms with Gasteiger partial charge < -0.3 is 15.0 Å². The molecule has 0 saturated carbocycles. The average molecular weight is 359 g/mol. The Bertz CT molecular complexity index is 566. The highest BCUT2D eigenvalue weighted by Crippen LogP contribution is 2.29. The molecule has 0 atom stereocenters. The normalized spacial score (nSPS) is 11.8. The van der Waals surface area contributed by atoms with E-state index in [1.807, 2.05) is 32.0 Å². The van der Waals surface area contributed by atoms with E-state index in [9.17, 15) is 0 Å². The SMILES string of the molecule is COC(C)(C)c1noc(-c2cc(I)ccc2N)n1. The van der Waals surface area contributed by atoms with Gasteiger partial charge in [-0.15, -0.1) is 0 Å². The molecule has 0 bridgehead atoms. The highest BCUT2D eigenvalue weighted by atomic mass is 127. The maximum Gasteiger partial charge on any atom is 0.260 e. The van der Waals surface area contributed by atoms with Crippen molar-refractivity contribution in [2.45, 2.75) is 19.4 Å². The monoisotopic (exact) mass is 359 g/mol. The van der Waals surface area contributed by atoms with Crippen LogP contribution >= 0.6 is 22.6 Å². The summed E-state index contributed by atoms with van der Waals surface area (Å²) in [6.45, 7) is 3.75. The summed E-state index contributed by atoms with van der Waals surface area (Å²) in [6, 6.07) is 5.66. The summed E-state index contributed by atoms with van der Waals surface area (Å²) >= 11 is 2.21. The Kier molecular flexibility index (Phi) is 3.58. The highest BCUT2D eigenvalue weighted by Gasteiger charge is 2.26. The van der Waals surface area contributed by atoms with Crippen molar-refractivity contribution in [1.82, 2.24) is 10.1 Å². The molecule has 18 heavy (non-hydrogen) atoms. The molecule has 0 saturated heterocycles. The first kappa shape index (κ1) is 13.3. The van der Waals surface area contributed by atoms with Gasteiger partial charge in [0.05, 0.1) is 5.56 Å². The second-order valence-corrected chi connectivity index (χ2v) is 5.61. The highest BCUT2D eigenvalue weighted by molar-refractivity contribution is 14.1. The molecule has 0 unspecified atom stereocenters. The number of halogens is 1. The van der Waals surface area contributed by atoms with Crippen molar-refractivity contribution in [3.8, 4) is 11.5 Å². The van der Waals surface area contributed by atoms with Crippen molar-refractivity contribution >= 4 is 28.3 Å². The number of nitrogens with zero attached hydrogens (tertiary/aromatic N) is 2. The molecule has 2 aromatic rings. The summed E-state index contributed by atoms with van der Waals surface area (Å²) in [7, 11) is 1.61. The topological polar surface area (TPSA) is 74.2 Å². The van der Waals surface area contributed by atoms with E-state index in [0.29, 0.717) is 17.4 Å². The lowest BCUT2D eigenvalue weighted by Gasteiger charge is -2.17. The molecule has 2 N–H and O–H groups in total. The Morgan fingerprint density at radius 3 is 2.78 bits per heavy atom. The number of aromatic nitrogens is 2. The molecule has 1 aromatic carbocycles. The molecule has 0 aliphatic heterocycles. The van der Waals surface area contributed by atoms with Gasteiger partial charge in [0.25, 0.3) is 5.89 Å². The Labute approximate surface area is 119 Å². The van der Waals surface area contributed by atoms with Crippen LogP contribution in [0, 0.1) is 3.57 Å². The summed E-state index contributed by atoms with van der Waals surface area (Å²) < 4.78 is 11.6. The number of rotatable bonds is 3. The van der Waals surface area contributed by atoms with Gasteiger partial charge >= 0.3 is 0 Å². The Morgan fingerprint density at radius 2 is 2.11 bits per heavy atom. The third-order valence-electron chi connectivity index (χ3n) is 2.72. The Hall–Kier alpha value is -1.15. The van der Waals surface area contributed by atoms with E-state index in [0.717, 1.165) is 9.13 Å². The van der Waals surface area contributed by atoms with Crippen molar-refractivity contribution in [2.75, 3.05) is 12.8 Å². The number of nitrogens with two attached hydrogens (primary N) is 1. The van der Waals surface area contributed by atoms with E-state index >= 15 is 0 Å². The number of nitrogen functional groups attached to an aromatic ring is 1. The molecule has 0 aliphatic carbocycles. The molecule has 1 heterocycles. The predicted molar refractivity (Wildman–Crippen MR) is 76.9 cm³/mol. The summed E-state index contributed by atoms with van der Waals surface area (Å²) in [4.78, 5) is 4.34. The van der Waals surface area contributed by atoms with Crippen LogP contribution in [-0.2, 0) is 10.3 Å². The zero-order valence-corrected chi connectivity index (χ0v) is 12.6. The van der Waals surface area contributed by atoms with Crippen LogP contribution in [0.25, 0.3) is 11.5 Å². The lowest BCUT2D eigenvalue weighted by Crippen LogP contribution is -2.21. The van der Waals surface area contributed by atoms with E-state index in [1.54, 1.807) is 7.11 Å². The number of hydrogen-bond donors (Lipinski definition) is 1. The predicted octanol–water partition coefficient (Wildman–Crippen LogP) is 2.80. The number of ether oxygens (including phenoxy) is 1. The largest absolute Gasteiger partial charge is 0.398 e. The second-order valence-electron chi connectivity index (χ2n) is 4.37. The number of hydrogen-bond acceptors (Lipinski definition) is 5. The molecule has 1 aromatic heterocycles. The minimum atomic E-state index is -0.585. The first-order valence-electron chi connectivity index (χ1n) is 5.39. The van der Waals surface area contributed by atoms with Crippen LogP contribution < -0.4 is 5.73 Å². The molecule has 0 fully saturated rings. The van der Waals surface area contributed by atoms with Gasteiger partial charge in [-0.1, -0.05) is 5.16 Å². The van der Waals surface area contributed by atoms with Crippen molar-refractivity contribution in [3.63, 3.8) is 0 Å². The summed E-state index contributed by atoms with van der Waals surface area (Å²) in [5.74, 6) is 0.907. The van der Waals surface area contributed by atoms with Gasteiger partial charge in [0.2, 0.25) is 5.82 Å². The second kappa shape index (κ2) is 4.85. The van der Waals surface area contributed by atoms with Gasteiger partial charge in [-0.3, -0.25) is 0 Å². The molecule has 0 aliphatic rings. The van der Waals surface area contributed by atoms with Crippen molar-refractivity contribution < 1.29 is 9.26 Å². The van der Waals surface area contributed by atoms with Crippen LogP contribution in [0.4, 0.5) is 5.69 Å². The molecule has 2 rings (SSSR count). The number of methoxy groups -OCH3 is 1. The number of benzene rings is 1. The molecular formula is C12H14IN3O2. The molecule has 0 spiro atoms. The fraction of sp³-hybridized carbons (Fsp3) is 0.333. The van der Waals surface area contributed by atoms with Crippen molar-refractivity contribution in [1.29, 1.82) is 0 Å². The lowest BCUT2D eigenvalue weighted by atomic mass is 10.1. The third-order valence-corrected chi connectivity index (χ3v) is 3.39. The minimum absolute atomic E-state index is 0.408. The first-order valence-corrected chi connectivity index (χ1v) is 6.46. The van der Waals surface area contributed by atoms with E-state index in [2.05, 4.69) is 32.7 Å². The van der Waals surface area contributed by atoms with E-state index in [1.165, 1.54) is 0 Å². The van der Waals surface area contributed by atoms with Crippen molar-refractivity contribution in [3.05, 3.63) is 27.6 Å². The van der Waals surface area contributed by atoms with E-state index in [-0.39, 0.29) is 0 Å². The maximum absolute atomic E-state index is 5.91. The van der Waals surface area contributed by atoms with Crippen LogP contribution in [0.3, 0.4) is 0 Å². The van der Waals surface area contributed by atoms with Gasteiger partial charge in [0.1, 0.15) is 5.60 Å². The van der Waals surface area contributed by atoms with Crippen LogP contribution in [-0.4, -0.2) is 17.3 Å². The zero-order valence-electron chi connectivity index (χ0n) is 10.4. The van der Waals surface area contributed by atoms with Gasteiger partial charge in [-0.25, -0.2) is 0 Å². The zero-order chi connectivity index (χ0) is 13.3. The molecule has 0 radical (unpaired) electrons. The molecule has 6 heteroatoms. The molecule has 96 valence electrons. The molecule has 5 nitrogen and oxygen atoms in total. The van der Waals surface area contributed by atoms with Gasteiger partial charge in [0, 0.05) is 16.4 Å². The van der Waals surface area contributed by atoms with Gasteiger partial charge in [-0.2, -0.15) is 4.98 Å². The first-order chi connectivity index (χ1) is 8.44. The quantitative estimate of drug-likeness (QED) is 0.674. The van der Waals surface area contributed by atoms with Crippen molar-refractivity contribution in [2.24, 2.45) is 0 Å². The lowest BCUT2D eigenvalue weighted by molar-refractivity contribution is 0.00973. The van der Waals surface area contributed by atoms with Crippen LogP contribution in [0.5, 0.6) is 0 Å². The third kappa shape index (κ3) is 2.49. The summed E-state index contributed by atoms with van der Waals surface area (Å²) in [6.07, 6.45) is 0. The Balaban J connectivity index is 2.44. The molecule has 0 amide bonds. The Morgan fingerprint density at radius 1 is 1.39 bits per heavy atom. The molecular weight excluding hydrogens is 345 g/mol. The standard InChI is InChI=1S/C12H14IN3O2/c1-12(2,17-3)11-15-10(18-16-11)8-6-7(13)4-5-9(8)14/h4-6H,14H2,1-3H3. The summed E-state index contributed by atoms with van der Waals surface area (Å²) in [5.41, 5.74) is 6.68. The van der Waals surface area contributed by atoms with E-state index in [4.69, 9.17) is 15.0 Å². The summed E-state index contributed by atoms with van der Waals surface area (Å²) in [5, 5.41) is 3.94. The fourth-order valence-electron chi connectivity index (χ4n) is 1.38. The van der Waals surface area contributed by atoms with Gasteiger partial charge in [0.15, 0.2) is 0 Å². The van der Waals surface area contributed by atoms with E-state index < -0.39 is 5.60 Å². The van der Waals surface area contributed by atoms with Crippen LogP contribution in [0.15, 0.2) is 22.7 Å².